The van der Waals surface area contributed by atoms with E-state index in [-0.39, 0.29) is 6.23 Å². The fourth-order valence-corrected chi connectivity index (χ4v) is 2.17. The number of hydrogen-bond donors (Lipinski definition) is 0. The molecule has 0 saturated carbocycles. The number of carbonyl (C=O) groups excluding carboxylic acids is 1. The van der Waals surface area contributed by atoms with Crippen LogP contribution in [0.15, 0.2) is 24.3 Å². The fourth-order valence-electron chi connectivity index (χ4n) is 2.04. The van der Waals surface area contributed by atoms with Crippen molar-refractivity contribution in [3.8, 4) is 5.75 Å². The molecule has 0 N–H and O–H groups in total. The van der Waals surface area contributed by atoms with Crippen molar-refractivity contribution in [2.24, 2.45) is 0 Å². The minimum Gasteiger partial charge on any atom is -0.475 e. The van der Waals surface area contributed by atoms with Crippen LogP contribution in [0.1, 0.15) is 30.1 Å². The van der Waals surface area contributed by atoms with Gasteiger partial charge in [-0.1, -0.05) is 0 Å². The number of carbonyl (C=O) groups is 1. The third-order valence-electron chi connectivity index (χ3n) is 3.04. The molecule has 2 rings (SSSR count). The number of benzene rings is 1. The first-order chi connectivity index (χ1) is 8.16. The summed E-state index contributed by atoms with van der Waals surface area (Å²) in [5.41, 5.74) is 0.493. The van der Waals surface area contributed by atoms with E-state index in [1.165, 1.54) is 12.8 Å². The van der Waals surface area contributed by atoms with Gasteiger partial charge in [-0.25, -0.2) is 0 Å². The second-order valence-electron chi connectivity index (χ2n) is 4.26. The van der Waals surface area contributed by atoms with Crippen molar-refractivity contribution < 1.29 is 9.53 Å². The molecule has 0 aromatic heterocycles. The molecule has 4 heteroatoms. The van der Waals surface area contributed by atoms with Crippen LogP contribution in [0.5, 0.6) is 5.75 Å². The van der Waals surface area contributed by atoms with E-state index in [0.29, 0.717) is 5.56 Å². The predicted octanol–water partition coefficient (Wildman–Crippen LogP) is 2.89. The van der Waals surface area contributed by atoms with Crippen molar-refractivity contribution in [3.05, 3.63) is 29.8 Å². The lowest BCUT2D eigenvalue weighted by molar-refractivity contribution is 0.0592. The Morgan fingerprint density at radius 1 is 1.29 bits per heavy atom. The van der Waals surface area contributed by atoms with Crippen LogP contribution in [0.4, 0.5) is 0 Å². The molecule has 1 aromatic carbocycles. The van der Waals surface area contributed by atoms with E-state index < -0.39 is 5.24 Å². The highest BCUT2D eigenvalue weighted by Gasteiger charge is 2.19. The summed E-state index contributed by atoms with van der Waals surface area (Å²) in [4.78, 5) is 13.2. The van der Waals surface area contributed by atoms with E-state index in [1.54, 1.807) is 24.3 Å². The molecule has 0 amide bonds. The zero-order valence-electron chi connectivity index (χ0n) is 9.86. The average molecular weight is 254 g/mol. The Hall–Kier alpha value is -1.06. The third kappa shape index (κ3) is 3.20. The highest BCUT2D eigenvalue weighted by atomic mass is 35.5. The van der Waals surface area contributed by atoms with Gasteiger partial charge in [0.05, 0.1) is 0 Å². The molecule has 1 fully saturated rings. The van der Waals surface area contributed by atoms with Gasteiger partial charge >= 0.3 is 0 Å². The number of rotatable bonds is 4. The molecule has 0 aliphatic carbocycles. The summed E-state index contributed by atoms with van der Waals surface area (Å²) >= 11 is 5.38. The van der Waals surface area contributed by atoms with Crippen molar-refractivity contribution in [2.75, 3.05) is 13.1 Å². The van der Waals surface area contributed by atoms with Gasteiger partial charge in [0.2, 0.25) is 0 Å². The summed E-state index contributed by atoms with van der Waals surface area (Å²) in [6.45, 7) is 4.24. The molecule has 1 saturated heterocycles. The van der Waals surface area contributed by atoms with E-state index in [9.17, 15) is 4.79 Å². The van der Waals surface area contributed by atoms with Crippen LogP contribution in [-0.2, 0) is 0 Å². The second kappa shape index (κ2) is 5.52. The number of hydrogen-bond acceptors (Lipinski definition) is 3. The number of ether oxygens (including phenoxy) is 1. The lowest BCUT2D eigenvalue weighted by Crippen LogP contribution is -2.34. The molecule has 0 radical (unpaired) electrons. The molecule has 1 heterocycles. The Morgan fingerprint density at radius 2 is 1.88 bits per heavy atom. The molecule has 1 aromatic rings. The van der Waals surface area contributed by atoms with Crippen LogP contribution in [0, 0.1) is 0 Å². The molecule has 1 atom stereocenters. The topological polar surface area (TPSA) is 29.5 Å². The van der Waals surface area contributed by atoms with Gasteiger partial charge in [-0.3, -0.25) is 9.69 Å². The van der Waals surface area contributed by atoms with Crippen molar-refractivity contribution in [2.45, 2.75) is 26.0 Å². The Labute approximate surface area is 106 Å². The van der Waals surface area contributed by atoms with Crippen LogP contribution < -0.4 is 4.74 Å². The van der Waals surface area contributed by atoms with Crippen LogP contribution in [0.3, 0.4) is 0 Å². The Morgan fingerprint density at radius 3 is 2.41 bits per heavy atom. The first kappa shape index (κ1) is 12.4. The molecule has 3 nitrogen and oxygen atoms in total. The summed E-state index contributed by atoms with van der Waals surface area (Å²) in [5.74, 6) is 0.770. The van der Waals surface area contributed by atoms with Gasteiger partial charge in [0.1, 0.15) is 12.0 Å². The molecule has 1 unspecified atom stereocenters. The van der Waals surface area contributed by atoms with E-state index in [2.05, 4.69) is 4.90 Å². The number of halogens is 1. The lowest BCUT2D eigenvalue weighted by Gasteiger charge is -2.24. The Bertz CT molecular complexity index is 385. The minimum atomic E-state index is -0.441. The molecule has 1 aliphatic heterocycles. The van der Waals surface area contributed by atoms with Gasteiger partial charge < -0.3 is 4.74 Å². The number of nitrogens with zero attached hydrogens (tertiary/aromatic N) is 1. The van der Waals surface area contributed by atoms with Crippen molar-refractivity contribution in [3.63, 3.8) is 0 Å². The zero-order chi connectivity index (χ0) is 12.3. The predicted molar refractivity (Wildman–Crippen MR) is 67.5 cm³/mol. The zero-order valence-corrected chi connectivity index (χ0v) is 10.6. The van der Waals surface area contributed by atoms with Gasteiger partial charge in [-0.05, 0) is 55.6 Å². The Balaban J connectivity index is 1.96. The van der Waals surface area contributed by atoms with Gasteiger partial charge in [-0.15, -0.1) is 0 Å². The summed E-state index contributed by atoms with van der Waals surface area (Å²) in [5, 5.41) is -0.441. The van der Waals surface area contributed by atoms with Gasteiger partial charge in [0, 0.05) is 18.7 Å². The first-order valence-electron chi connectivity index (χ1n) is 5.87. The van der Waals surface area contributed by atoms with Crippen molar-refractivity contribution in [1.29, 1.82) is 0 Å². The molecular formula is C13H16ClNO2. The number of likely N-dealkylation sites (tertiary alicyclic amines) is 1. The molecule has 0 bridgehead atoms. The van der Waals surface area contributed by atoms with E-state index in [1.807, 2.05) is 6.92 Å². The normalized spacial score (nSPS) is 18.0. The fraction of sp³-hybridized carbons (Fsp3) is 0.462. The SMILES string of the molecule is CC(Oc1ccc(C(=O)Cl)cc1)N1CCCC1. The monoisotopic (exact) mass is 253 g/mol. The molecule has 92 valence electrons. The molecule has 17 heavy (non-hydrogen) atoms. The summed E-state index contributed by atoms with van der Waals surface area (Å²) in [6.07, 6.45) is 2.57. The summed E-state index contributed by atoms with van der Waals surface area (Å²) in [7, 11) is 0. The molecule has 0 spiro atoms. The Kier molecular flexibility index (Phi) is 4.02. The maximum Gasteiger partial charge on any atom is 0.252 e. The van der Waals surface area contributed by atoms with E-state index in [4.69, 9.17) is 16.3 Å². The smallest absolute Gasteiger partial charge is 0.252 e. The van der Waals surface area contributed by atoms with Gasteiger partial charge in [-0.2, -0.15) is 0 Å². The summed E-state index contributed by atoms with van der Waals surface area (Å²) in [6, 6.07) is 6.92. The van der Waals surface area contributed by atoms with Gasteiger partial charge in [0.15, 0.2) is 0 Å². The third-order valence-corrected chi connectivity index (χ3v) is 3.26. The standard InChI is InChI=1S/C13H16ClNO2/c1-10(15-8-2-3-9-15)17-12-6-4-11(5-7-12)13(14)16/h4-7,10H,2-3,8-9H2,1H3. The first-order valence-corrected chi connectivity index (χ1v) is 6.25. The van der Waals surface area contributed by atoms with Crippen molar-refractivity contribution in [1.82, 2.24) is 4.90 Å². The maximum atomic E-state index is 10.9. The summed E-state index contributed by atoms with van der Waals surface area (Å²) < 4.78 is 5.80. The van der Waals surface area contributed by atoms with Crippen LogP contribution >= 0.6 is 11.6 Å². The highest BCUT2D eigenvalue weighted by molar-refractivity contribution is 6.67. The lowest BCUT2D eigenvalue weighted by atomic mass is 10.2. The van der Waals surface area contributed by atoms with Crippen LogP contribution in [0.25, 0.3) is 0 Å². The largest absolute Gasteiger partial charge is 0.475 e. The molecular weight excluding hydrogens is 238 g/mol. The van der Waals surface area contributed by atoms with Crippen LogP contribution in [0.2, 0.25) is 0 Å². The average Bonchev–Trinajstić information content (AvgIpc) is 2.83. The van der Waals surface area contributed by atoms with E-state index >= 15 is 0 Å². The van der Waals surface area contributed by atoms with Gasteiger partial charge in [0.25, 0.3) is 5.24 Å². The second-order valence-corrected chi connectivity index (χ2v) is 4.60. The van der Waals surface area contributed by atoms with Crippen LogP contribution in [-0.4, -0.2) is 29.5 Å². The molecule has 1 aliphatic rings. The van der Waals surface area contributed by atoms with E-state index in [0.717, 1.165) is 18.8 Å². The highest BCUT2D eigenvalue weighted by Crippen LogP contribution is 2.18. The minimum absolute atomic E-state index is 0.0788. The quantitative estimate of drug-likeness (QED) is 0.773. The van der Waals surface area contributed by atoms with Crippen molar-refractivity contribution >= 4 is 16.8 Å². The maximum absolute atomic E-state index is 10.9.